The highest BCUT2D eigenvalue weighted by Gasteiger charge is 2.20. The second kappa shape index (κ2) is 8.99. The maximum Gasteiger partial charge on any atom is 0.158 e. The molecule has 2 unspecified atom stereocenters. The number of aromatic nitrogens is 3. The molecule has 5 rings (SSSR count). The van der Waals surface area contributed by atoms with Gasteiger partial charge >= 0.3 is 0 Å². The van der Waals surface area contributed by atoms with Gasteiger partial charge in [-0.15, -0.1) is 5.10 Å². The summed E-state index contributed by atoms with van der Waals surface area (Å²) in [7, 11) is 0. The first-order chi connectivity index (χ1) is 15.2. The van der Waals surface area contributed by atoms with Crippen LogP contribution in [0.15, 0.2) is 61.0 Å². The average molecular weight is 421 g/mol. The Morgan fingerprint density at radius 3 is 2.87 bits per heavy atom. The molecule has 2 aromatic carbocycles. The van der Waals surface area contributed by atoms with Crippen LogP contribution in [0.2, 0.25) is 0 Å². The van der Waals surface area contributed by atoms with Crippen LogP contribution >= 0.6 is 0 Å². The molecule has 2 aliphatic heterocycles. The SMILES string of the molecule is Fc1ccc(C2C=COc3cc(Cn4cc(COC5CCCCO5)nn4)ccc32)cc1. The van der Waals surface area contributed by atoms with Gasteiger partial charge in [0.1, 0.15) is 17.3 Å². The minimum atomic E-state index is -0.237. The largest absolute Gasteiger partial charge is 0.465 e. The van der Waals surface area contributed by atoms with Gasteiger partial charge in [-0.2, -0.15) is 0 Å². The summed E-state index contributed by atoms with van der Waals surface area (Å²) in [5.41, 5.74) is 3.92. The van der Waals surface area contributed by atoms with E-state index in [0.29, 0.717) is 13.2 Å². The number of rotatable bonds is 6. The van der Waals surface area contributed by atoms with Gasteiger partial charge in [-0.3, -0.25) is 0 Å². The third kappa shape index (κ3) is 4.68. The molecule has 1 fully saturated rings. The lowest BCUT2D eigenvalue weighted by Gasteiger charge is -2.22. The summed E-state index contributed by atoms with van der Waals surface area (Å²) in [6.45, 7) is 1.73. The molecule has 160 valence electrons. The average Bonchev–Trinajstić information content (AvgIpc) is 3.26. The molecule has 31 heavy (non-hydrogen) atoms. The van der Waals surface area contributed by atoms with E-state index in [0.717, 1.165) is 54.0 Å². The minimum Gasteiger partial charge on any atom is -0.465 e. The van der Waals surface area contributed by atoms with Crippen LogP contribution < -0.4 is 4.74 Å². The van der Waals surface area contributed by atoms with E-state index in [2.05, 4.69) is 22.4 Å². The van der Waals surface area contributed by atoms with Crippen LogP contribution in [0.5, 0.6) is 5.75 Å². The zero-order valence-corrected chi connectivity index (χ0v) is 17.1. The summed E-state index contributed by atoms with van der Waals surface area (Å²) in [4.78, 5) is 0. The fourth-order valence-corrected chi connectivity index (χ4v) is 3.98. The van der Waals surface area contributed by atoms with E-state index in [4.69, 9.17) is 14.2 Å². The Hall–Kier alpha value is -3.03. The van der Waals surface area contributed by atoms with Crippen LogP contribution in [0, 0.1) is 5.82 Å². The van der Waals surface area contributed by atoms with E-state index < -0.39 is 0 Å². The van der Waals surface area contributed by atoms with E-state index in [1.54, 1.807) is 10.9 Å². The molecule has 6 nitrogen and oxygen atoms in total. The molecule has 0 aliphatic carbocycles. The zero-order valence-electron chi connectivity index (χ0n) is 17.1. The van der Waals surface area contributed by atoms with E-state index in [-0.39, 0.29) is 18.0 Å². The maximum atomic E-state index is 13.3. The quantitative estimate of drug-likeness (QED) is 0.585. The van der Waals surface area contributed by atoms with Gasteiger partial charge in [-0.1, -0.05) is 29.5 Å². The number of hydrogen-bond donors (Lipinski definition) is 0. The minimum absolute atomic E-state index is 0.0375. The van der Waals surface area contributed by atoms with Crippen LogP contribution in [0.4, 0.5) is 4.39 Å². The number of fused-ring (bicyclic) bond motifs is 1. The van der Waals surface area contributed by atoms with Crippen molar-refractivity contribution in [1.82, 2.24) is 15.0 Å². The van der Waals surface area contributed by atoms with Crippen LogP contribution in [-0.4, -0.2) is 27.9 Å². The molecule has 3 heterocycles. The smallest absolute Gasteiger partial charge is 0.158 e. The number of benzene rings is 2. The van der Waals surface area contributed by atoms with Crippen molar-refractivity contribution in [2.24, 2.45) is 0 Å². The van der Waals surface area contributed by atoms with Gasteiger partial charge in [0.2, 0.25) is 0 Å². The first kappa shape index (κ1) is 19.9. The standard InChI is InChI=1S/C24H24FN3O3/c25-19-7-5-18(6-8-19)21-10-12-29-23-13-17(4-9-22(21)23)14-28-15-20(26-27-28)16-31-24-3-1-2-11-30-24/h4-10,12-13,15,21,24H,1-3,11,14,16H2. The van der Waals surface area contributed by atoms with Crippen LogP contribution in [0.25, 0.3) is 0 Å². The molecule has 2 atom stereocenters. The lowest BCUT2D eigenvalue weighted by Crippen LogP contribution is -2.22. The van der Waals surface area contributed by atoms with Gasteiger partial charge in [0.05, 0.1) is 25.6 Å². The molecule has 0 bridgehead atoms. The fraction of sp³-hybridized carbons (Fsp3) is 0.333. The Morgan fingerprint density at radius 1 is 1.13 bits per heavy atom. The molecule has 0 N–H and O–H groups in total. The summed E-state index contributed by atoms with van der Waals surface area (Å²) in [5.74, 6) is 0.599. The number of ether oxygens (including phenoxy) is 3. The summed E-state index contributed by atoms with van der Waals surface area (Å²) >= 11 is 0. The Morgan fingerprint density at radius 2 is 2.03 bits per heavy atom. The van der Waals surface area contributed by atoms with Crippen molar-refractivity contribution >= 4 is 0 Å². The predicted octanol–water partition coefficient (Wildman–Crippen LogP) is 4.55. The second-order valence-electron chi connectivity index (χ2n) is 7.86. The van der Waals surface area contributed by atoms with E-state index in [9.17, 15) is 4.39 Å². The van der Waals surface area contributed by atoms with Gasteiger partial charge in [-0.25, -0.2) is 9.07 Å². The molecule has 2 aliphatic rings. The molecular formula is C24H24FN3O3. The molecule has 1 aromatic heterocycles. The molecule has 0 spiro atoms. The van der Waals surface area contributed by atoms with Gasteiger partial charge in [0, 0.05) is 18.1 Å². The Kier molecular flexibility index (Phi) is 5.78. The molecule has 7 heteroatoms. The third-order valence-electron chi connectivity index (χ3n) is 5.59. The highest BCUT2D eigenvalue weighted by atomic mass is 19.1. The van der Waals surface area contributed by atoms with Gasteiger partial charge < -0.3 is 14.2 Å². The van der Waals surface area contributed by atoms with E-state index in [1.165, 1.54) is 12.1 Å². The topological polar surface area (TPSA) is 58.4 Å². The molecule has 0 saturated carbocycles. The van der Waals surface area contributed by atoms with Crippen LogP contribution in [0.3, 0.4) is 0 Å². The number of hydrogen-bond acceptors (Lipinski definition) is 5. The Balaban J connectivity index is 1.25. The van der Waals surface area contributed by atoms with Crippen molar-refractivity contribution in [1.29, 1.82) is 0 Å². The summed E-state index contributed by atoms with van der Waals surface area (Å²) in [5, 5.41) is 8.42. The summed E-state index contributed by atoms with van der Waals surface area (Å²) < 4.78 is 32.2. The lowest BCUT2D eigenvalue weighted by atomic mass is 9.89. The van der Waals surface area contributed by atoms with Crippen molar-refractivity contribution in [2.45, 2.75) is 44.6 Å². The molecule has 0 amide bonds. The number of allylic oxidation sites excluding steroid dienone is 1. The second-order valence-corrected chi connectivity index (χ2v) is 7.86. The summed E-state index contributed by atoms with van der Waals surface area (Å²) in [6.07, 6.45) is 8.59. The van der Waals surface area contributed by atoms with Gasteiger partial charge in [-0.05, 0) is 54.7 Å². The number of halogens is 1. The first-order valence-corrected chi connectivity index (χ1v) is 10.6. The van der Waals surface area contributed by atoms with Crippen molar-refractivity contribution in [3.8, 4) is 5.75 Å². The predicted molar refractivity (Wildman–Crippen MR) is 112 cm³/mol. The molecule has 3 aromatic rings. The van der Waals surface area contributed by atoms with Crippen LogP contribution in [-0.2, 0) is 22.6 Å². The molecule has 0 radical (unpaired) electrons. The third-order valence-corrected chi connectivity index (χ3v) is 5.59. The Bertz CT molecular complexity index is 1060. The van der Waals surface area contributed by atoms with E-state index in [1.807, 2.05) is 30.5 Å². The van der Waals surface area contributed by atoms with Crippen molar-refractivity contribution in [3.05, 3.63) is 89.2 Å². The Labute approximate surface area is 180 Å². The van der Waals surface area contributed by atoms with Crippen molar-refractivity contribution < 1.29 is 18.6 Å². The lowest BCUT2D eigenvalue weighted by molar-refractivity contribution is -0.169. The first-order valence-electron chi connectivity index (χ1n) is 10.6. The van der Waals surface area contributed by atoms with Crippen molar-refractivity contribution in [2.75, 3.05) is 6.61 Å². The number of nitrogens with zero attached hydrogens (tertiary/aromatic N) is 3. The molecule has 1 saturated heterocycles. The maximum absolute atomic E-state index is 13.3. The van der Waals surface area contributed by atoms with Crippen LogP contribution in [0.1, 0.15) is 47.6 Å². The van der Waals surface area contributed by atoms with Gasteiger partial charge in [0.25, 0.3) is 0 Å². The fourth-order valence-electron chi connectivity index (χ4n) is 3.98. The highest BCUT2D eigenvalue weighted by Crippen LogP contribution is 2.37. The highest BCUT2D eigenvalue weighted by molar-refractivity contribution is 5.49. The van der Waals surface area contributed by atoms with Crippen molar-refractivity contribution in [3.63, 3.8) is 0 Å². The zero-order chi connectivity index (χ0) is 21.0. The monoisotopic (exact) mass is 421 g/mol. The molecular weight excluding hydrogens is 397 g/mol. The summed E-state index contributed by atoms with van der Waals surface area (Å²) in [6, 6.07) is 12.7. The normalized spacial score (nSPS) is 20.3. The van der Waals surface area contributed by atoms with Gasteiger partial charge in [0.15, 0.2) is 6.29 Å². The van der Waals surface area contributed by atoms with E-state index >= 15 is 0 Å².